The summed E-state index contributed by atoms with van der Waals surface area (Å²) in [6.07, 6.45) is 12.5. The summed E-state index contributed by atoms with van der Waals surface area (Å²) < 4.78 is 0. The molecule has 1 aliphatic rings. The Labute approximate surface area is 102 Å². The number of nitrogens with zero attached hydrogens (tertiary/aromatic N) is 1. The van der Waals surface area contributed by atoms with Crippen molar-refractivity contribution in [2.24, 2.45) is 4.99 Å². The highest BCUT2D eigenvalue weighted by Crippen LogP contribution is 2.09. The summed E-state index contributed by atoms with van der Waals surface area (Å²) in [5.41, 5.74) is 2.07. The van der Waals surface area contributed by atoms with Gasteiger partial charge in [0.15, 0.2) is 0 Å². The van der Waals surface area contributed by atoms with Crippen LogP contribution in [0.1, 0.15) is 26.7 Å². The monoisotopic (exact) mass is 226 g/mol. The van der Waals surface area contributed by atoms with E-state index in [1.165, 1.54) is 5.35 Å². The van der Waals surface area contributed by atoms with Gasteiger partial charge in [-0.2, -0.15) is 0 Å². The Bertz CT molecular complexity index is 583. The van der Waals surface area contributed by atoms with Crippen LogP contribution in [0.3, 0.4) is 0 Å². The van der Waals surface area contributed by atoms with Crippen molar-refractivity contribution in [3.05, 3.63) is 46.8 Å². The number of aromatic nitrogens is 1. The molecule has 0 unspecified atom stereocenters. The predicted molar refractivity (Wildman–Crippen MR) is 74.2 cm³/mol. The van der Waals surface area contributed by atoms with Gasteiger partial charge < -0.3 is 4.98 Å². The molecule has 2 rings (SSSR count). The van der Waals surface area contributed by atoms with Crippen molar-refractivity contribution in [3.63, 3.8) is 0 Å². The molecule has 1 aliphatic heterocycles. The predicted octanol–water partition coefficient (Wildman–Crippen LogP) is 2.29. The molecule has 1 aromatic heterocycles. The smallest absolute Gasteiger partial charge is 0.0658 e. The topological polar surface area (TPSA) is 28.1 Å². The number of nitrogens with one attached hydrogen (secondary N) is 1. The lowest BCUT2D eigenvalue weighted by atomic mass is 10.3. The number of H-pyrrole nitrogens is 1. The van der Waals surface area contributed by atoms with Crippen LogP contribution < -0.4 is 10.7 Å². The molecule has 0 aromatic carbocycles. The molecule has 0 atom stereocenters. The second kappa shape index (κ2) is 5.48. The molecule has 1 aromatic rings. The normalized spacial score (nSPS) is 19.4. The minimum atomic E-state index is 1.01. The zero-order valence-corrected chi connectivity index (χ0v) is 10.4. The first-order chi connectivity index (χ1) is 8.31. The van der Waals surface area contributed by atoms with Gasteiger partial charge in [-0.25, -0.2) is 4.99 Å². The summed E-state index contributed by atoms with van der Waals surface area (Å²) in [6, 6.07) is 4.18. The summed E-state index contributed by atoms with van der Waals surface area (Å²) in [5.74, 6) is 0. The number of allylic oxidation sites excluding steroid dienone is 3. The van der Waals surface area contributed by atoms with Crippen LogP contribution in [0, 0.1) is 0 Å². The van der Waals surface area contributed by atoms with E-state index in [9.17, 15) is 0 Å². The van der Waals surface area contributed by atoms with E-state index in [0.29, 0.717) is 0 Å². The molecule has 0 saturated heterocycles. The molecule has 2 heterocycles. The number of rotatable bonds is 3. The Kier molecular flexibility index (Phi) is 3.76. The van der Waals surface area contributed by atoms with Gasteiger partial charge in [-0.05, 0) is 43.2 Å². The molecule has 0 radical (unpaired) electrons. The van der Waals surface area contributed by atoms with Crippen molar-refractivity contribution in [1.29, 1.82) is 0 Å². The molecular weight excluding hydrogens is 208 g/mol. The highest BCUT2D eigenvalue weighted by molar-refractivity contribution is 6.19. The fourth-order valence-corrected chi connectivity index (χ4v) is 1.81. The van der Waals surface area contributed by atoms with Gasteiger partial charge in [0.25, 0.3) is 0 Å². The van der Waals surface area contributed by atoms with E-state index in [-0.39, 0.29) is 0 Å². The lowest BCUT2D eigenvalue weighted by Crippen LogP contribution is -2.10. The SMILES string of the molecule is CC/C=C1/C=CC(/C=c2/cc/c(=C/CC)[nH]2)=N1. The van der Waals surface area contributed by atoms with Gasteiger partial charge in [0.1, 0.15) is 0 Å². The average molecular weight is 226 g/mol. The molecule has 88 valence electrons. The number of hydrogen-bond acceptors (Lipinski definition) is 1. The minimum Gasteiger partial charge on any atom is -0.356 e. The van der Waals surface area contributed by atoms with Crippen molar-refractivity contribution in [1.82, 2.24) is 4.98 Å². The minimum absolute atomic E-state index is 1.01. The van der Waals surface area contributed by atoms with Crippen LogP contribution in [0.25, 0.3) is 12.2 Å². The average Bonchev–Trinajstić information content (AvgIpc) is 2.91. The van der Waals surface area contributed by atoms with E-state index in [4.69, 9.17) is 0 Å². The molecular formula is C15H18N2. The summed E-state index contributed by atoms with van der Waals surface area (Å²) in [4.78, 5) is 7.85. The zero-order chi connectivity index (χ0) is 12.1. The van der Waals surface area contributed by atoms with Crippen LogP contribution in [0.15, 0.2) is 41.1 Å². The Morgan fingerprint density at radius 1 is 1.06 bits per heavy atom. The molecule has 0 aliphatic carbocycles. The third-order valence-electron chi connectivity index (χ3n) is 2.55. The Balaban J connectivity index is 2.26. The van der Waals surface area contributed by atoms with Gasteiger partial charge in [0.05, 0.1) is 11.4 Å². The summed E-state index contributed by atoms with van der Waals surface area (Å²) in [5, 5.41) is 2.27. The first-order valence-electron chi connectivity index (χ1n) is 6.15. The molecule has 0 fully saturated rings. The molecule has 0 bridgehead atoms. The lowest BCUT2D eigenvalue weighted by molar-refractivity contribution is 1.19. The van der Waals surface area contributed by atoms with Crippen molar-refractivity contribution in [2.45, 2.75) is 26.7 Å². The quantitative estimate of drug-likeness (QED) is 0.819. The molecule has 1 N–H and O–H groups in total. The van der Waals surface area contributed by atoms with Crippen molar-refractivity contribution >= 4 is 17.9 Å². The van der Waals surface area contributed by atoms with Crippen molar-refractivity contribution in [3.8, 4) is 0 Å². The molecule has 17 heavy (non-hydrogen) atoms. The van der Waals surface area contributed by atoms with E-state index in [1.807, 2.05) is 6.08 Å². The lowest BCUT2D eigenvalue weighted by Gasteiger charge is -1.86. The van der Waals surface area contributed by atoms with E-state index in [0.717, 1.165) is 29.6 Å². The van der Waals surface area contributed by atoms with Gasteiger partial charge >= 0.3 is 0 Å². The zero-order valence-electron chi connectivity index (χ0n) is 10.4. The first-order valence-corrected chi connectivity index (χ1v) is 6.15. The van der Waals surface area contributed by atoms with Gasteiger partial charge in [-0.3, -0.25) is 0 Å². The van der Waals surface area contributed by atoms with E-state index >= 15 is 0 Å². The summed E-state index contributed by atoms with van der Waals surface area (Å²) >= 11 is 0. The molecule has 0 spiro atoms. The Morgan fingerprint density at radius 3 is 2.59 bits per heavy atom. The number of hydrogen-bond donors (Lipinski definition) is 1. The van der Waals surface area contributed by atoms with Gasteiger partial charge in [0.2, 0.25) is 0 Å². The maximum atomic E-state index is 4.51. The number of aliphatic imine (C=N–C) groups is 1. The fraction of sp³-hybridized carbons (Fsp3) is 0.267. The summed E-state index contributed by atoms with van der Waals surface area (Å²) in [6.45, 7) is 4.26. The van der Waals surface area contributed by atoms with Crippen LogP contribution >= 0.6 is 0 Å². The third-order valence-corrected chi connectivity index (χ3v) is 2.55. The second-order valence-electron chi connectivity index (χ2n) is 4.03. The van der Waals surface area contributed by atoms with Gasteiger partial charge in [0, 0.05) is 10.7 Å². The van der Waals surface area contributed by atoms with Crippen LogP contribution in [-0.2, 0) is 0 Å². The molecule has 0 amide bonds. The van der Waals surface area contributed by atoms with Crippen LogP contribution in [-0.4, -0.2) is 10.7 Å². The number of aromatic amines is 1. The van der Waals surface area contributed by atoms with Crippen LogP contribution in [0.4, 0.5) is 0 Å². The molecule has 2 heteroatoms. The van der Waals surface area contributed by atoms with E-state index < -0.39 is 0 Å². The molecule has 0 saturated carbocycles. The van der Waals surface area contributed by atoms with Crippen molar-refractivity contribution in [2.75, 3.05) is 0 Å². The Morgan fingerprint density at radius 2 is 1.82 bits per heavy atom. The van der Waals surface area contributed by atoms with Gasteiger partial charge in [-0.1, -0.05) is 26.0 Å². The van der Waals surface area contributed by atoms with E-state index in [2.05, 4.69) is 60.3 Å². The van der Waals surface area contributed by atoms with Crippen LogP contribution in [0.2, 0.25) is 0 Å². The maximum Gasteiger partial charge on any atom is 0.0658 e. The second-order valence-corrected chi connectivity index (χ2v) is 4.03. The third kappa shape index (κ3) is 3.06. The van der Waals surface area contributed by atoms with Crippen molar-refractivity contribution < 1.29 is 0 Å². The maximum absolute atomic E-state index is 4.51. The fourth-order valence-electron chi connectivity index (χ4n) is 1.81. The van der Waals surface area contributed by atoms with Crippen LogP contribution in [0.5, 0.6) is 0 Å². The van der Waals surface area contributed by atoms with E-state index in [1.54, 1.807) is 0 Å². The molecule has 2 nitrogen and oxygen atoms in total. The summed E-state index contributed by atoms with van der Waals surface area (Å²) in [7, 11) is 0. The first kappa shape index (κ1) is 11.6. The highest BCUT2D eigenvalue weighted by atomic mass is 14.8. The highest BCUT2D eigenvalue weighted by Gasteiger charge is 1.99. The standard InChI is InChI=1S/C15H18N2/c1-3-5-12-7-9-14(16-12)11-15-10-8-13(17-15)6-4-2/h5-11,16H,3-4H2,1-2H3/b12-5-,13-6-,14-11-. The largest absolute Gasteiger partial charge is 0.356 e. The Hall–Kier alpha value is -1.83. The van der Waals surface area contributed by atoms with Gasteiger partial charge in [-0.15, -0.1) is 0 Å².